The topological polar surface area (TPSA) is 171 Å². The number of carbonyl (C=O) groups excluding carboxylic acids is 3. The van der Waals surface area contributed by atoms with E-state index in [4.69, 9.17) is 40.0 Å². The molecule has 0 bridgehead atoms. The van der Waals surface area contributed by atoms with Crippen molar-refractivity contribution in [3.05, 3.63) is 101 Å². The van der Waals surface area contributed by atoms with Crippen molar-refractivity contribution >= 4 is 29.4 Å². The molecule has 0 aromatic heterocycles. The number of amides is 1. The molecule has 3 fully saturated rings. The lowest BCUT2D eigenvalue weighted by atomic mass is 9.99. The summed E-state index contributed by atoms with van der Waals surface area (Å²) < 4.78 is 33.9. The maximum Gasteiger partial charge on any atom is 0.342 e. The summed E-state index contributed by atoms with van der Waals surface area (Å²) in [4.78, 5) is 41.1. The predicted molar refractivity (Wildman–Crippen MR) is 197 cm³/mol. The molecule has 14 heteroatoms. The minimum atomic E-state index is -1.88. The molecule has 0 spiro atoms. The molecule has 2 saturated heterocycles. The highest BCUT2D eigenvalue weighted by atomic mass is 35.5. The normalized spacial score (nSPS) is 27.7. The molecule has 55 heavy (non-hydrogen) atoms. The smallest absolute Gasteiger partial charge is 0.342 e. The van der Waals surface area contributed by atoms with Crippen LogP contribution in [-0.2, 0) is 41.6 Å². The van der Waals surface area contributed by atoms with E-state index in [0.29, 0.717) is 30.0 Å². The van der Waals surface area contributed by atoms with Crippen LogP contribution in [0.1, 0.15) is 70.4 Å². The first-order valence-corrected chi connectivity index (χ1v) is 18.9. The van der Waals surface area contributed by atoms with Gasteiger partial charge in [-0.25, -0.2) is 9.59 Å². The highest BCUT2D eigenvalue weighted by Crippen LogP contribution is 2.36. The van der Waals surface area contributed by atoms with Gasteiger partial charge in [-0.05, 0) is 97.2 Å². The van der Waals surface area contributed by atoms with Crippen molar-refractivity contribution in [2.75, 3.05) is 13.2 Å². The van der Waals surface area contributed by atoms with Crippen molar-refractivity contribution in [1.82, 2.24) is 4.90 Å². The van der Waals surface area contributed by atoms with Crippen molar-refractivity contribution in [3.8, 4) is 16.9 Å². The lowest BCUT2D eigenvalue weighted by Crippen LogP contribution is -2.60. The van der Waals surface area contributed by atoms with Gasteiger partial charge in [0, 0.05) is 18.7 Å². The Balaban J connectivity index is 0.986. The van der Waals surface area contributed by atoms with Crippen molar-refractivity contribution in [3.63, 3.8) is 0 Å². The summed E-state index contributed by atoms with van der Waals surface area (Å²) in [5, 5.41) is 31.1. The Bertz CT molecular complexity index is 1900. The van der Waals surface area contributed by atoms with Gasteiger partial charge in [0.15, 0.2) is 12.4 Å². The molecule has 292 valence electrons. The van der Waals surface area contributed by atoms with E-state index < -0.39 is 42.6 Å². The number of esters is 2. The zero-order valence-corrected chi connectivity index (χ0v) is 30.8. The predicted octanol–water partition coefficient (Wildman–Crippen LogP) is 4.70. The van der Waals surface area contributed by atoms with Gasteiger partial charge in [0.2, 0.25) is 6.29 Å². The van der Waals surface area contributed by atoms with Gasteiger partial charge in [0.05, 0.1) is 22.7 Å². The molecule has 3 aromatic carbocycles. The molecule has 1 amide bonds. The average molecular weight is 778 g/mol. The van der Waals surface area contributed by atoms with Crippen molar-refractivity contribution in [1.29, 1.82) is 0 Å². The number of hydrogen-bond acceptors (Lipinski definition) is 12. The summed E-state index contributed by atoms with van der Waals surface area (Å²) in [7, 11) is 0. The van der Waals surface area contributed by atoms with Gasteiger partial charge in [0.25, 0.3) is 5.91 Å². The number of benzene rings is 3. The van der Waals surface area contributed by atoms with Gasteiger partial charge in [0.1, 0.15) is 37.3 Å². The average Bonchev–Trinajstić information content (AvgIpc) is 3.79. The second kappa shape index (κ2) is 17.2. The molecule has 3 N–H and O–H groups in total. The lowest BCUT2D eigenvalue weighted by Gasteiger charge is -2.38. The molecule has 3 heterocycles. The third-order valence-corrected chi connectivity index (χ3v) is 10.7. The van der Waals surface area contributed by atoms with Gasteiger partial charge in [-0.2, -0.15) is 0 Å². The summed E-state index contributed by atoms with van der Waals surface area (Å²) in [5.41, 5.74) is 3.72. The number of ether oxygens (including phenoxy) is 6. The third kappa shape index (κ3) is 8.58. The highest BCUT2D eigenvalue weighted by molar-refractivity contribution is 6.33. The summed E-state index contributed by atoms with van der Waals surface area (Å²) in [6, 6.07) is 17.8. The number of halogens is 1. The molecule has 1 aliphatic carbocycles. The molecule has 7 rings (SSSR count). The van der Waals surface area contributed by atoms with Gasteiger partial charge < -0.3 is 48.6 Å². The summed E-state index contributed by atoms with van der Waals surface area (Å²) >= 11 is 6.38. The Labute approximate surface area is 323 Å². The molecule has 0 radical (unpaired) electrons. The molecule has 1 saturated carbocycles. The van der Waals surface area contributed by atoms with Crippen LogP contribution in [-0.4, -0.2) is 100 Å². The summed E-state index contributed by atoms with van der Waals surface area (Å²) in [6.45, 7) is 4.69. The monoisotopic (exact) mass is 777 g/mol. The summed E-state index contributed by atoms with van der Waals surface area (Å²) in [6.07, 6.45) is -2.22. The van der Waals surface area contributed by atoms with Crippen LogP contribution in [0.4, 0.5) is 0 Å². The van der Waals surface area contributed by atoms with Gasteiger partial charge in [-0.3, -0.25) is 4.79 Å². The molecule has 8 atom stereocenters. The van der Waals surface area contributed by atoms with Gasteiger partial charge in [-0.1, -0.05) is 48.5 Å². The number of hydrogen-bond donors (Lipinski definition) is 3. The molecule has 3 aliphatic heterocycles. The van der Waals surface area contributed by atoms with E-state index in [0.717, 1.165) is 55.2 Å². The largest absolute Gasteiger partial charge is 0.489 e. The molecule has 13 nitrogen and oxygen atoms in total. The lowest BCUT2D eigenvalue weighted by molar-refractivity contribution is -0.279. The van der Waals surface area contributed by atoms with Crippen LogP contribution < -0.4 is 4.74 Å². The maximum atomic E-state index is 13.5. The Morgan fingerprint density at radius 3 is 2.58 bits per heavy atom. The van der Waals surface area contributed by atoms with Crippen LogP contribution in [0.3, 0.4) is 0 Å². The molecular weight excluding hydrogens is 734 g/mol. The van der Waals surface area contributed by atoms with Crippen molar-refractivity contribution in [2.24, 2.45) is 0 Å². The first-order chi connectivity index (χ1) is 26.6. The van der Waals surface area contributed by atoms with Crippen LogP contribution in [0.2, 0.25) is 5.02 Å². The zero-order valence-electron chi connectivity index (χ0n) is 30.1. The molecule has 4 aliphatic rings. The van der Waals surface area contributed by atoms with E-state index >= 15 is 0 Å². The number of aliphatic hydroxyl groups is 3. The van der Waals surface area contributed by atoms with Crippen molar-refractivity contribution < 1.29 is 58.1 Å². The highest BCUT2D eigenvalue weighted by Gasteiger charge is 2.49. The fourth-order valence-corrected chi connectivity index (χ4v) is 7.71. The standard InChI is InChI=1S/C41H44ClNO12/c1-2-16-51-40(49)37-35(45)34(44)36(46)41(54-37)55-39(48)29-20-25(12-15-30(29)42)24-8-5-7-23(18-24)22-52-27-13-14-28-26(19-27)21-43(38(28)47)31-9-6-10-32(31)53-33-11-3-4-17-50-33/h2,5,7-8,12-15,18-20,31-37,41,44-46H,1,3-4,6,9-11,16-17,21-22H2/t31?,32?,33?,34-,35-,36+,37-,41?/m0/s1. The Kier molecular flexibility index (Phi) is 12.2. The van der Waals surface area contributed by atoms with Crippen LogP contribution in [0.15, 0.2) is 73.3 Å². The zero-order chi connectivity index (χ0) is 38.6. The van der Waals surface area contributed by atoms with Crippen LogP contribution >= 0.6 is 11.6 Å². The Hall–Kier alpha value is -4.34. The Morgan fingerprint density at radius 1 is 0.945 bits per heavy atom. The molecular formula is C41H44ClNO12. The quantitative estimate of drug-likeness (QED) is 0.171. The molecule has 4 unspecified atom stereocenters. The fourth-order valence-electron chi connectivity index (χ4n) is 7.51. The minimum absolute atomic E-state index is 0.00689. The summed E-state index contributed by atoms with van der Waals surface area (Å²) in [5.74, 6) is -1.39. The van der Waals surface area contributed by atoms with E-state index in [-0.39, 0.29) is 48.1 Å². The first kappa shape index (κ1) is 38.9. The van der Waals surface area contributed by atoms with E-state index in [1.165, 1.54) is 18.2 Å². The minimum Gasteiger partial charge on any atom is -0.489 e. The van der Waals surface area contributed by atoms with Crippen LogP contribution in [0, 0.1) is 0 Å². The maximum absolute atomic E-state index is 13.5. The number of aliphatic hydroxyl groups excluding tert-OH is 3. The van der Waals surface area contributed by atoms with E-state index in [1.807, 2.05) is 41.3 Å². The second-order valence-electron chi connectivity index (χ2n) is 14.1. The number of carbonyl (C=O) groups is 3. The van der Waals surface area contributed by atoms with E-state index in [1.54, 1.807) is 12.1 Å². The van der Waals surface area contributed by atoms with Gasteiger partial charge in [-0.15, -0.1) is 0 Å². The van der Waals surface area contributed by atoms with Crippen molar-refractivity contribution in [2.45, 2.75) is 101 Å². The number of fused-ring (bicyclic) bond motifs is 1. The van der Waals surface area contributed by atoms with Crippen LogP contribution in [0.25, 0.3) is 11.1 Å². The van der Waals surface area contributed by atoms with E-state index in [2.05, 4.69) is 6.58 Å². The first-order valence-electron chi connectivity index (χ1n) is 18.5. The SMILES string of the molecule is C=CCOC(=O)[C@H]1OC(OC(=O)c2cc(-c3cccc(COc4ccc5c(c4)CN(C4CCCC4OC4CCCCO4)C5=O)c3)ccc2Cl)[C@H](O)[C@@H](O)[C@@H]1O. The second-order valence-corrected chi connectivity index (χ2v) is 14.5. The third-order valence-electron chi connectivity index (χ3n) is 10.4. The number of rotatable bonds is 12. The number of nitrogens with zero attached hydrogens (tertiary/aromatic N) is 1. The van der Waals surface area contributed by atoms with Gasteiger partial charge >= 0.3 is 11.9 Å². The van der Waals surface area contributed by atoms with E-state index in [9.17, 15) is 29.7 Å². The fraction of sp³-hybridized carbons (Fsp3) is 0.439. The molecule has 3 aromatic rings. The van der Waals surface area contributed by atoms with Crippen LogP contribution in [0.5, 0.6) is 5.75 Å². The Morgan fingerprint density at radius 2 is 1.78 bits per heavy atom.